The van der Waals surface area contributed by atoms with Crippen LogP contribution in [-0.2, 0) is 4.79 Å². The molecule has 1 aromatic carbocycles. The van der Waals surface area contributed by atoms with Gasteiger partial charge in [0.05, 0.1) is 10.0 Å². The summed E-state index contributed by atoms with van der Waals surface area (Å²) in [6.45, 7) is 0. The molecule has 0 saturated heterocycles. The third-order valence-electron chi connectivity index (χ3n) is 2.21. The highest BCUT2D eigenvalue weighted by atomic mass is 35.5. The molecule has 18 heavy (non-hydrogen) atoms. The summed E-state index contributed by atoms with van der Waals surface area (Å²) in [5.74, 6) is 1.17. The molecule has 1 heterocycles. The summed E-state index contributed by atoms with van der Waals surface area (Å²) in [5.41, 5.74) is 0.807. The van der Waals surface area contributed by atoms with E-state index in [0.717, 1.165) is 5.56 Å². The standard InChI is InChI=1S/C13H7Cl3O2/c14-10-4-1-8(7-11(10)15)12-5-2-9(18-12)3-6-13(16)17/h1-7H/b6-3+. The topological polar surface area (TPSA) is 30.2 Å². The van der Waals surface area contributed by atoms with Crippen LogP contribution in [0.5, 0.6) is 0 Å². The van der Waals surface area contributed by atoms with Crippen LogP contribution >= 0.6 is 34.8 Å². The molecule has 0 aliphatic heterocycles. The van der Waals surface area contributed by atoms with Crippen molar-refractivity contribution < 1.29 is 9.21 Å². The Balaban J connectivity index is 2.29. The van der Waals surface area contributed by atoms with E-state index in [0.29, 0.717) is 21.6 Å². The second-order valence-electron chi connectivity index (χ2n) is 3.47. The fraction of sp³-hybridized carbons (Fsp3) is 0. The fourth-order valence-corrected chi connectivity index (χ4v) is 1.76. The molecule has 0 amide bonds. The summed E-state index contributed by atoms with van der Waals surface area (Å²) in [5, 5.41) is 0.390. The summed E-state index contributed by atoms with van der Waals surface area (Å²) >= 11 is 16.9. The van der Waals surface area contributed by atoms with E-state index in [1.165, 1.54) is 12.2 Å². The third-order valence-corrected chi connectivity index (χ3v) is 3.07. The van der Waals surface area contributed by atoms with Gasteiger partial charge in [0.15, 0.2) is 0 Å². The van der Waals surface area contributed by atoms with Crippen molar-refractivity contribution in [2.24, 2.45) is 0 Å². The van der Waals surface area contributed by atoms with Gasteiger partial charge in [-0.05, 0) is 48.0 Å². The van der Waals surface area contributed by atoms with E-state index >= 15 is 0 Å². The number of allylic oxidation sites excluding steroid dienone is 1. The highest BCUT2D eigenvalue weighted by molar-refractivity contribution is 6.66. The lowest BCUT2D eigenvalue weighted by Gasteiger charge is -1.99. The van der Waals surface area contributed by atoms with Crippen molar-refractivity contribution in [1.82, 2.24) is 0 Å². The maximum absolute atomic E-state index is 10.6. The quantitative estimate of drug-likeness (QED) is 0.588. The van der Waals surface area contributed by atoms with Gasteiger partial charge in [-0.3, -0.25) is 4.79 Å². The molecular weight excluding hydrogens is 295 g/mol. The van der Waals surface area contributed by atoms with Crippen LogP contribution in [0.15, 0.2) is 40.8 Å². The van der Waals surface area contributed by atoms with Crippen LogP contribution in [0.4, 0.5) is 0 Å². The van der Waals surface area contributed by atoms with Crippen LogP contribution in [0.2, 0.25) is 10.0 Å². The van der Waals surface area contributed by atoms with Crippen molar-refractivity contribution in [3.8, 4) is 11.3 Å². The summed E-state index contributed by atoms with van der Waals surface area (Å²) in [7, 11) is 0. The lowest BCUT2D eigenvalue weighted by atomic mass is 10.2. The van der Waals surface area contributed by atoms with Gasteiger partial charge in [0, 0.05) is 11.6 Å². The molecular formula is C13H7Cl3O2. The number of rotatable bonds is 3. The van der Waals surface area contributed by atoms with Gasteiger partial charge in [0.2, 0.25) is 5.24 Å². The highest BCUT2D eigenvalue weighted by Crippen LogP contribution is 2.29. The zero-order valence-electron chi connectivity index (χ0n) is 8.99. The molecule has 0 atom stereocenters. The molecule has 0 radical (unpaired) electrons. The Kier molecular flexibility index (Phi) is 4.12. The van der Waals surface area contributed by atoms with Gasteiger partial charge in [0.25, 0.3) is 0 Å². The number of benzene rings is 1. The van der Waals surface area contributed by atoms with E-state index in [4.69, 9.17) is 39.2 Å². The molecule has 0 unspecified atom stereocenters. The largest absolute Gasteiger partial charge is 0.457 e. The molecule has 0 saturated carbocycles. The molecule has 2 nitrogen and oxygen atoms in total. The van der Waals surface area contributed by atoms with E-state index in [2.05, 4.69) is 0 Å². The van der Waals surface area contributed by atoms with E-state index in [9.17, 15) is 4.79 Å². The van der Waals surface area contributed by atoms with Crippen molar-refractivity contribution in [2.45, 2.75) is 0 Å². The number of hydrogen-bond acceptors (Lipinski definition) is 2. The monoisotopic (exact) mass is 300 g/mol. The van der Waals surface area contributed by atoms with E-state index < -0.39 is 5.24 Å². The third kappa shape index (κ3) is 3.16. The van der Waals surface area contributed by atoms with E-state index in [1.807, 2.05) is 0 Å². The smallest absolute Gasteiger partial charge is 0.245 e. The summed E-state index contributed by atoms with van der Waals surface area (Å²) in [6.07, 6.45) is 2.72. The summed E-state index contributed by atoms with van der Waals surface area (Å²) in [4.78, 5) is 10.6. The zero-order chi connectivity index (χ0) is 13.1. The first-order chi connectivity index (χ1) is 8.56. The maximum atomic E-state index is 10.6. The predicted molar refractivity (Wildman–Crippen MR) is 74.1 cm³/mol. The Hall–Kier alpha value is -1.22. The second kappa shape index (κ2) is 5.61. The lowest BCUT2D eigenvalue weighted by Crippen LogP contribution is -1.75. The van der Waals surface area contributed by atoms with Crippen molar-refractivity contribution >= 4 is 46.1 Å². The van der Waals surface area contributed by atoms with Crippen LogP contribution in [0, 0.1) is 0 Å². The molecule has 5 heteroatoms. The van der Waals surface area contributed by atoms with Gasteiger partial charge >= 0.3 is 0 Å². The first-order valence-corrected chi connectivity index (χ1v) is 6.12. The Morgan fingerprint density at radius 1 is 1.11 bits per heavy atom. The first-order valence-electron chi connectivity index (χ1n) is 4.99. The van der Waals surface area contributed by atoms with Gasteiger partial charge in [-0.15, -0.1) is 0 Å². The minimum Gasteiger partial charge on any atom is -0.457 e. The molecule has 1 aromatic heterocycles. The zero-order valence-corrected chi connectivity index (χ0v) is 11.3. The normalized spacial score (nSPS) is 11.1. The maximum Gasteiger partial charge on any atom is 0.245 e. The summed E-state index contributed by atoms with van der Waals surface area (Å²) < 4.78 is 5.52. The van der Waals surface area contributed by atoms with Crippen LogP contribution < -0.4 is 0 Å². The van der Waals surface area contributed by atoms with Gasteiger partial charge in [-0.2, -0.15) is 0 Å². The molecule has 0 N–H and O–H groups in total. The molecule has 0 fully saturated rings. The van der Waals surface area contributed by atoms with Gasteiger partial charge in [-0.1, -0.05) is 23.2 Å². The molecule has 0 bridgehead atoms. The summed E-state index contributed by atoms with van der Waals surface area (Å²) in [6, 6.07) is 8.71. The van der Waals surface area contributed by atoms with Crippen molar-refractivity contribution in [3.05, 3.63) is 52.2 Å². The van der Waals surface area contributed by atoms with Crippen LogP contribution in [0.25, 0.3) is 17.4 Å². The number of carbonyl (C=O) groups excluding carboxylic acids is 1. The van der Waals surface area contributed by atoms with Crippen LogP contribution in [0.1, 0.15) is 5.76 Å². The van der Waals surface area contributed by atoms with Gasteiger partial charge in [0.1, 0.15) is 11.5 Å². The van der Waals surface area contributed by atoms with Crippen molar-refractivity contribution in [3.63, 3.8) is 0 Å². The second-order valence-corrected chi connectivity index (χ2v) is 4.66. The number of halogens is 3. The number of carbonyl (C=O) groups is 1. The SMILES string of the molecule is O=C(Cl)/C=C/c1ccc(-c2ccc(Cl)c(Cl)c2)o1. The Labute approximate surface area is 119 Å². The average Bonchev–Trinajstić information content (AvgIpc) is 2.79. The van der Waals surface area contributed by atoms with Gasteiger partial charge in [-0.25, -0.2) is 0 Å². The van der Waals surface area contributed by atoms with Gasteiger partial charge < -0.3 is 4.42 Å². The molecule has 92 valence electrons. The van der Waals surface area contributed by atoms with Crippen molar-refractivity contribution in [2.75, 3.05) is 0 Å². The van der Waals surface area contributed by atoms with Crippen LogP contribution in [-0.4, -0.2) is 5.24 Å². The Morgan fingerprint density at radius 2 is 1.89 bits per heavy atom. The van der Waals surface area contributed by atoms with E-state index in [1.54, 1.807) is 30.3 Å². The first kappa shape index (κ1) is 13.2. The molecule has 2 aromatic rings. The Morgan fingerprint density at radius 3 is 2.56 bits per heavy atom. The highest BCUT2D eigenvalue weighted by Gasteiger charge is 2.06. The minimum absolute atomic E-state index is 0.457. The predicted octanol–water partition coefficient (Wildman–Crippen LogP) is 5.03. The lowest BCUT2D eigenvalue weighted by molar-refractivity contribution is -0.107. The molecule has 0 aliphatic rings. The van der Waals surface area contributed by atoms with Crippen molar-refractivity contribution in [1.29, 1.82) is 0 Å². The fourth-order valence-electron chi connectivity index (χ4n) is 1.39. The average molecular weight is 302 g/mol. The molecule has 0 aliphatic carbocycles. The Bertz CT molecular complexity index is 614. The number of furan rings is 1. The molecule has 0 spiro atoms. The number of hydrogen-bond donors (Lipinski definition) is 0. The van der Waals surface area contributed by atoms with Crippen LogP contribution in [0.3, 0.4) is 0 Å². The van der Waals surface area contributed by atoms with E-state index in [-0.39, 0.29) is 0 Å². The molecule has 2 rings (SSSR count). The minimum atomic E-state index is -0.553.